The topological polar surface area (TPSA) is 71.3 Å². The van der Waals surface area contributed by atoms with Crippen LogP contribution in [0.1, 0.15) is 30.0 Å². The summed E-state index contributed by atoms with van der Waals surface area (Å²) in [4.78, 5) is 24.1. The van der Waals surface area contributed by atoms with Gasteiger partial charge < -0.3 is 9.73 Å². The number of pyridine rings is 1. The predicted molar refractivity (Wildman–Crippen MR) is 112 cm³/mol. The lowest BCUT2D eigenvalue weighted by atomic mass is 9.97. The van der Waals surface area contributed by atoms with Crippen LogP contribution >= 0.6 is 0 Å². The van der Waals surface area contributed by atoms with Gasteiger partial charge in [0.2, 0.25) is 11.8 Å². The molecule has 0 bridgehead atoms. The number of carbonyl (C=O) groups is 1. The molecular formula is C23H26N4O2. The highest BCUT2D eigenvalue weighted by atomic mass is 16.4. The lowest BCUT2D eigenvalue weighted by Gasteiger charge is -2.31. The Kier molecular flexibility index (Phi) is 5.71. The van der Waals surface area contributed by atoms with Crippen LogP contribution in [0.25, 0.3) is 11.5 Å². The summed E-state index contributed by atoms with van der Waals surface area (Å²) < 4.78 is 5.88. The lowest BCUT2D eigenvalue weighted by Crippen LogP contribution is -2.40. The zero-order valence-corrected chi connectivity index (χ0v) is 16.9. The monoisotopic (exact) mass is 390 g/mol. The molecule has 1 amide bonds. The average molecular weight is 390 g/mol. The van der Waals surface area contributed by atoms with Crippen LogP contribution in [0, 0.1) is 19.8 Å². The standard InChI is InChI=1S/C23H26N4O2/c1-16-8-6-12-21(24-16)26-22(28)19-11-7-13-27(14-19)15-20-17(2)29-23(25-20)18-9-4-3-5-10-18/h3-6,8-10,12,19H,7,11,13-15H2,1-2H3,(H,24,26,28). The maximum atomic E-state index is 12.7. The van der Waals surface area contributed by atoms with Crippen molar-refractivity contribution in [3.8, 4) is 11.5 Å². The number of nitrogens with one attached hydrogen (secondary N) is 1. The largest absolute Gasteiger partial charge is 0.441 e. The molecule has 6 nitrogen and oxygen atoms in total. The second-order valence-corrected chi connectivity index (χ2v) is 7.62. The summed E-state index contributed by atoms with van der Waals surface area (Å²) >= 11 is 0. The fourth-order valence-electron chi connectivity index (χ4n) is 3.74. The van der Waals surface area contributed by atoms with Gasteiger partial charge in [-0.2, -0.15) is 0 Å². The molecule has 1 fully saturated rings. The van der Waals surface area contributed by atoms with Crippen molar-refractivity contribution in [2.24, 2.45) is 5.92 Å². The maximum Gasteiger partial charge on any atom is 0.229 e. The molecule has 1 atom stereocenters. The molecule has 2 aromatic heterocycles. The van der Waals surface area contributed by atoms with E-state index in [0.717, 1.165) is 42.1 Å². The minimum atomic E-state index is -0.0492. The van der Waals surface area contributed by atoms with Crippen molar-refractivity contribution in [3.63, 3.8) is 0 Å². The van der Waals surface area contributed by atoms with E-state index < -0.39 is 0 Å². The second-order valence-electron chi connectivity index (χ2n) is 7.62. The Morgan fingerprint density at radius 1 is 1.14 bits per heavy atom. The fraction of sp³-hybridized carbons (Fsp3) is 0.348. The number of oxazole rings is 1. The molecule has 3 aromatic rings. The molecule has 0 saturated carbocycles. The molecule has 29 heavy (non-hydrogen) atoms. The van der Waals surface area contributed by atoms with Gasteiger partial charge in [0.15, 0.2) is 0 Å². The average Bonchev–Trinajstić information content (AvgIpc) is 3.09. The molecule has 3 heterocycles. The van der Waals surface area contributed by atoms with Crippen molar-refractivity contribution in [2.75, 3.05) is 18.4 Å². The molecule has 1 aromatic carbocycles. The van der Waals surface area contributed by atoms with Crippen LogP contribution in [0.15, 0.2) is 52.9 Å². The number of nitrogens with zero attached hydrogens (tertiary/aromatic N) is 3. The Morgan fingerprint density at radius 3 is 2.76 bits per heavy atom. The van der Waals surface area contributed by atoms with Crippen LogP contribution in [0.5, 0.6) is 0 Å². The van der Waals surface area contributed by atoms with Crippen LogP contribution in [-0.2, 0) is 11.3 Å². The van der Waals surface area contributed by atoms with Crippen molar-refractivity contribution < 1.29 is 9.21 Å². The number of benzene rings is 1. The molecule has 1 unspecified atom stereocenters. The van der Waals surface area contributed by atoms with Gasteiger partial charge in [-0.25, -0.2) is 9.97 Å². The second kappa shape index (κ2) is 8.57. The lowest BCUT2D eigenvalue weighted by molar-refractivity contribution is -0.121. The third-order valence-corrected chi connectivity index (χ3v) is 5.30. The Balaban J connectivity index is 1.40. The molecule has 0 aliphatic carbocycles. The minimum absolute atomic E-state index is 0.0367. The van der Waals surface area contributed by atoms with Gasteiger partial charge in [0.1, 0.15) is 11.6 Å². The van der Waals surface area contributed by atoms with Crippen LogP contribution < -0.4 is 5.32 Å². The normalized spacial score (nSPS) is 17.2. The van der Waals surface area contributed by atoms with E-state index in [1.165, 1.54) is 0 Å². The van der Waals surface area contributed by atoms with Gasteiger partial charge in [0.05, 0.1) is 11.6 Å². The summed E-state index contributed by atoms with van der Waals surface area (Å²) in [6.07, 6.45) is 1.88. The molecule has 1 N–H and O–H groups in total. The number of likely N-dealkylation sites (tertiary alicyclic amines) is 1. The van der Waals surface area contributed by atoms with Crippen LogP contribution in [0.2, 0.25) is 0 Å². The first-order valence-electron chi connectivity index (χ1n) is 10.1. The molecule has 6 heteroatoms. The van der Waals surface area contributed by atoms with Gasteiger partial charge in [-0.15, -0.1) is 0 Å². The number of hydrogen-bond donors (Lipinski definition) is 1. The first-order chi connectivity index (χ1) is 14.1. The van der Waals surface area contributed by atoms with Gasteiger partial charge in [-0.3, -0.25) is 9.69 Å². The van der Waals surface area contributed by atoms with E-state index in [1.807, 2.05) is 62.4 Å². The number of rotatable bonds is 5. The van der Waals surface area contributed by atoms with E-state index in [9.17, 15) is 4.79 Å². The summed E-state index contributed by atoms with van der Waals surface area (Å²) in [7, 11) is 0. The quantitative estimate of drug-likeness (QED) is 0.707. The molecule has 150 valence electrons. The van der Waals surface area contributed by atoms with Gasteiger partial charge >= 0.3 is 0 Å². The summed E-state index contributed by atoms with van der Waals surface area (Å²) in [5.41, 5.74) is 2.80. The summed E-state index contributed by atoms with van der Waals surface area (Å²) in [6.45, 7) is 6.23. The maximum absolute atomic E-state index is 12.7. The predicted octanol–water partition coefficient (Wildman–Crippen LogP) is 4.20. The first kappa shape index (κ1) is 19.3. The van der Waals surface area contributed by atoms with Gasteiger partial charge in [-0.1, -0.05) is 24.3 Å². The third kappa shape index (κ3) is 4.71. The number of anilines is 1. The van der Waals surface area contributed by atoms with E-state index in [2.05, 4.69) is 15.2 Å². The van der Waals surface area contributed by atoms with E-state index in [1.54, 1.807) is 0 Å². The number of carbonyl (C=O) groups excluding carboxylic acids is 1. The molecular weight excluding hydrogens is 364 g/mol. The van der Waals surface area contributed by atoms with Crippen LogP contribution in [0.3, 0.4) is 0 Å². The SMILES string of the molecule is Cc1cccc(NC(=O)C2CCCN(Cc3nc(-c4ccccc4)oc3C)C2)n1. The van der Waals surface area contributed by atoms with E-state index >= 15 is 0 Å². The zero-order chi connectivity index (χ0) is 20.2. The van der Waals surface area contributed by atoms with Crippen molar-refractivity contribution in [1.29, 1.82) is 0 Å². The van der Waals surface area contributed by atoms with Gasteiger partial charge in [0, 0.05) is 24.3 Å². The summed E-state index contributed by atoms with van der Waals surface area (Å²) in [5.74, 6) is 2.09. The highest BCUT2D eigenvalue weighted by Gasteiger charge is 2.27. The van der Waals surface area contributed by atoms with E-state index in [0.29, 0.717) is 24.8 Å². The van der Waals surface area contributed by atoms with E-state index in [4.69, 9.17) is 9.40 Å². The number of amides is 1. The Bertz CT molecular complexity index is 984. The number of hydrogen-bond acceptors (Lipinski definition) is 5. The minimum Gasteiger partial charge on any atom is -0.441 e. The molecule has 0 spiro atoms. The zero-order valence-electron chi connectivity index (χ0n) is 16.9. The Labute approximate surface area is 171 Å². The number of aromatic nitrogens is 2. The molecule has 1 aliphatic heterocycles. The first-order valence-corrected chi connectivity index (χ1v) is 10.1. The van der Waals surface area contributed by atoms with Crippen molar-refractivity contribution >= 4 is 11.7 Å². The fourth-order valence-corrected chi connectivity index (χ4v) is 3.74. The van der Waals surface area contributed by atoms with Crippen LogP contribution in [-0.4, -0.2) is 33.9 Å². The highest BCUT2D eigenvalue weighted by Crippen LogP contribution is 2.25. The number of aryl methyl sites for hydroxylation is 2. The Hall–Kier alpha value is -2.99. The third-order valence-electron chi connectivity index (χ3n) is 5.30. The van der Waals surface area contributed by atoms with Gasteiger partial charge in [-0.05, 0) is 57.5 Å². The molecule has 0 radical (unpaired) electrons. The van der Waals surface area contributed by atoms with Crippen molar-refractivity contribution in [3.05, 3.63) is 65.7 Å². The summed E-state index contributed by atoms with van der Waals surface area (Å²) in [6, 6.07) is 15.6. The highest BCUT2D eigenvalue weighted by molar-refractivity contribution is 5.91. The molecule has 4 rings (SSSR count). The summed E-state index contributed by atoms with van der Waals surface area (Å²) in [5, 5.41) is 2.96. The van der Waals surface area contributed by atoms with Gasteiger partial charge in [0.25, 0.3) is 0 Å². The molecule has 1 aliphatic rings. The Morgan fingerprint density at radius 2 is 1.97 bits per heavy atom. The molecule has 1 saturated heterocycles. The number of piperidine rings is 1. The van der Waals surface area contributed by atoms with E-state index in [-0.39, 0.29) is 11.8 Å². The van der Waals surface area contributed by atoms with Crippen LogP contribution in [0.4, 0.5) is 5.82 Å². The smallest absolute Gasteiger partial charge is 0.229 e. The van der Waals surface area contributed by atoms with Crippen molar-refractivity contribution in [2.45, 2.75) is 33.2 Å². The van der Waals surface area contributed by atoms with Crippen molar-refractivity contribution in [1.82, 2.24) is 14.9 Å².